The molecule has 7 aromatic rings. The van der Waals surface area contributed by atoms with Gasteiger partial charge >= 0.3 is 11.9 Å². The number of hydrogen-bond donors (Lipinski definition) is 0. The van der Waals surface area contributed by atoms with Crippen LogP contribution in [0.15, 0.2) is 120 Å². The van der Waals surface area contributed by atoms with Gasteiger partial charge in [-0.2, -0.15) is 0 Å². The summed E-state index contributed by atoms with van der Waals surface area (Å²) in [6.45, 7) is 9.99. The van der Waals surface area contributed by atoms with E-state index in [4.69, 9.17) is 28.9 Å². The van der Waals surface area contributed by atoms with Gasteiger partial charge in [-0.05, 0) is 141 Å². The van der Waals surface area contributed by atoms with E-state index < -0.39 is 0 Å². The Morgan fingerprint density at radius 1 is 0.582 bits per heavy atom. The molecule has 0 radical (unpaired) electrons. The first-order valence-corrected chi connectivity index (χ1v) is 26.0. The molecule has 0 unspecified atom stereocenters. The molecule has 0 saturated carbocycles. The normalized spacial score (nSPS) is 14.4. The van der Waals surface area contributed by atoms with E-state index in [0.717, 1.165) is 113 Å². The van der Waals surface area contributed by atoms with Crippen molar-refractivity contribution in [1.29, 1.82) is 0 Å². The molecule has 5 aromatic carbocycles. The van der Waals surface area contributed by atoms with E-state index in [0.29, 0.717) is 38.3 Å². The van der Waals surface area contributed by atoms with Gasteiger partial charge in [-0.15, -0.1) is 0 Å². The number of carbonyl (C=O) groups excluding carboxylic acids is 2. The maximum Gasteiger partial charge on any atom is 0.310 e. The van der Waals surface area contributed by atoms with Gasteiger partial charge in [0, 0.05) is 30.7 Å². The molecule has 10 nitrogen and oxygen atoms in total. The second-order valence-electron chi connectivity index (χ2n) is 17.0. The fourth-order valence-electron chi connectivity index (χ4n) is 8.64. The number of hydrogen-bond acceptors (Lipinski definition) is 12. The molecule has 350 valence electrons. The summed E-state index contributed by atoms with van der Waals surface area (Å²) in [5.74, 6) is 2.56. The van der Waals surface area contributed by atoms with Crippen LogP contribution in [0.4, 0.5) is 10.3 Å². The molecule has 2 aliphatic rings. The van der Waals surface area contributed by atoms with E-state index in [1.54, 1.807) is 22.7 Å². The van der Waals surface area contributed by atoms with Crippen LogP contribution in [0.5, 0.6) is 11.5 Å². The van der Waals surface area contributed by atoms with Crippen molar-refractivity contribution in [1.82, 2.24) is 9.97 Å². The molecule has 0 bridgehead atoms. The summed E-state index contributed by atoms with van der Waals surface area (Å²) in [5.41, 5.74) is 6.48. The molecule has 0 aliphatic carbocycles. The zero-order valence-corrected chi connectivity index (χ0v) is 41.6. The van der Waals surface area contributed by atoms with Gasteiger partial charge in [-0.25, -0.2) is 9.97 Å². The van der Waals surface area contributed by atoms with Crippen molar-refractivity contribution in [3.05, 3.63) is 131 Å². The summed E-state index contributed by atoms with van der Waals surface area (Å²) in [6, 6.07) is 38.8. The van der Waals surface area contributed by atoms with Crippen molar-refractivity contribution < 1.29 is 28.5 Å². The molecule has 2 aliphatic heterocycles. The Morgan fingerprint density at radius 2 is 1.07 bits per heavy atom. The highest BCUT2D eigenvalue weighted by Crippen LogP contribution is 2.36. The Morgan fingerprint density at radius 3 is 1.58 bits per heavy atom. The van der Waals surface area contributed by atoms with E-state index in [1.165, 1.54) is 20.5 Å². The highest BCUT2D eigenvalue weighted by Gasteiger charge is 2.23. The quantitative estimate of drug-likeness (QED) is 0.0819. The molecule has 2 saturated heterocycles. The first-order chi connectivity index (χ1) is 32.8. The van der Waals surface area contributed by atoms with Crippen LogP contribution in [0.25, 0.3) is 31.6 Å². The number of carbonyl (C=O) groups is 2. The molecule has 13 heteroatoms. The zero-order valence-electron chi connectivity index (χ0n) is 38.4. The lowest BCUT2D eigenvalue weighted by molar-refractivity contribution is -0.143. The third-order valence-corrected chi connectivity index (χ3v) is 14.9. The molecular formula is C54H59BrN4O6S2. The number of fused-ring (bicyclic) bond motifs is 2. The number of nitrogens with zero attached hydrogens (tertiary/aromatic N) is 4. The fraction of sp³-hybridized carbons (Fsp3) is 0.370. The molecule has 0 N–H and O–H groups in total. The van der Waals surface area contributed by atoms with E-state index in [2.05, 4.69) is 86.4 Å². The van der Waals surface area contributed by atoms with E-state index >= 15 is 0 Å². The van der Waals surface area contributed by atoms with Gasteiger partial charge in [-0.1, -0.05) is 99.3 Å². The van der Waals surface area contributed by atoms with Crippen molar-refractivity contribution in [3.63, 3.8) is 0 Å². The Labute approximate surface area is 410 Å². The van der Waals surface area contributed by atoms with Crippen LogP contribution in [-0.2, 0) is 31.9 Å². The van der Waals surface area contributed by atoms with Crippen LogP contribution < -0.4 is 19.3 Å². The molecule has 0 amide bonds. The summed E-state index contributed by atoms with van der Waals surface area (Å²) in [5, 5.41) is 2.25. The van der Waals surface area contributed by atoms with Crippen LogP contribution in [-0.4, -0.2) is 74.5 Å². The number of thiazole rings is 2. The Bertz CT molecular complexity index is 2690. The minimum Gasteiger partial charge on any atom is -0.494 e. The van der Waals surface area contributed by atoms with Gasteiger partial charge in [0.2, 0.25) is 0 Å². The lowest BCUT2D eigenvalue weighted by Crippen LogP contribution is -2.34. The third kappa shape index (κ3) is 13.8. The number of ether oxygens (including phenoxy) is 4. The van der Waals surface area contributed by atoms with E-state index in [-0.39, 0.29) is 24.8 Å². The number of rotatable bonds is 17. The number of aromatic nitrogens is 2. The second-order valence-corrected chi connectivity index (χ2v) is 20.0. The van der Waals surface area contributed by atoms with Gasteiger partial charge in [0.05, 0.1) is 59.7 Å². The number of esters is 2. The highest BCUT2D eigenvalue weighted by molar-refractivity contribution is 9.10. The smallest absolute Gasteiger partial charge is 0.310 e. The summed E-state index contributed by atoms with van der Waals surface area (Å²) < 4.78 is 25.6. The number of benzene rings is 5. The average molecular weight is 1000 g/mol. The van der Waals surface area contributed by atoms with Crippen LogP contribution in [0.2, 0.25) is 0 Å². The topological polar surface area (TPSA) is 103 Å². The Kier molecular flexibility index (Phi) is 17.2. The number of anilines is 2. The summed E-state index contributed by atoms with van der Waals surface area (Å²) >= 11 is 7.10. The first kappa shape index (κ1) is 48.0. The Balaban J connectivity index is 0.000000184. The summed E-state index contributed by atoms with van der Waals surface area (Å²) in [4.78, 5) is 38.0. The Hall–Kier alpha value is -5.50. The molecule has 0 atom stereocenters. The van der Waals surface area contributed by atoms with Crippen molar-refractivity contribution in [2.45, 2.75) is 65.2 Å². The van der Waals surface area contributed by atoms with Crippen molar-refractivity contribution >= 4 is 81.2 Å². The summed E-state index contributed by atoms with van der Waals surface area (Å²) in [7, 11) is 0. The standard InChI is InChI=1S/C30H32N2O3S.C24H27BrN2O3S/c1-2-34-29(33)20-23-7-6-10-26(19-23)35-18-15-22-13-16-32(17-14-22)30-31-27-12-11-25(21-28(27)36-30)24-8-4-3-5-9-24;1-2-29-23(28)15-18-4-3-5-20(14-18)30-13-10-17-8-11-27(12-9-17)24-26-21-7-6-19(25)16-22(21)31-24/h3-12,19,21-22H,2,13-18,20H2,1H3;3-7,14,16-17H,2,8-13,15H2,1H3. The number of halogens is 1. The average Bonchev–Trinajstić information content (AvgIpc) is 3.97. The van der Waals surface area contributed by atoms with Gasteiger partial charge in [0.15, 0.2) is 10.3 Å². The van der Waals surface area contributed by atoms with Crippen molar-refractivity contribution in [3.8, 4) is 22.6 Å². The van der Waals surface area contributed by atoms with Gasteiger partial charge in [0.25, 0.3) is 0 Å². The molecule has 0 spiro atoms. The minimum absolute atomic E-state index is 0.202. The largest absolute Gasteiger partial charge is 0.494 e. The van der Waals surface area contributed by atoms with Gasteiger partial charge in [0.1, 0.15) is 11.5 Å². The fourth-order valence-corrected chi connectivity index (χ4v) is 11.3. The van der Waals surface area contributed by atoms with Crippen molar-refractivity contribution in [2.75, 3.05) is 62.4 Å². The molecule has 9 rings (SSSR count). The van der Waals surface area contributed by atoms with E-state index in [9.17, 15) is 9.59 Å². The number of piperidine rings is 2. The minimum atomic E-state index is -0.203. The van der Waals surface area contributed by atoms with Crippen LogP contribution in [0.1, 0.15) is 63.5 Å². The lowest BCUT2D eigenvalue weighted by atomic mass is 9.94. The zero-order chi connectivity index (χ0) is 46.4. The molecule has 67 heavy (non-hydrogen) atoms. The van der Waals surface area contributed by atoms with Gasteiger partial charge < -0.3 is 28.7 Å². The lowest BCUT2D eigenvalue weighted by Gasteiger charge is -2.31. The summed E-state index contributed by atoms with van der Waals surface area (Å²) in [6.07, 6.45) is 7.26. The first-order valence-electron chi connectivity index (χ1n) is 23.5. The van der Waals surface area contributed by atoms with Crippen molar-refractivity contribution in [2.24, 2.45) is 11.8 Å². The van der Waals surface area contributed by atoms with E-state index in [1.807, 2.05) is 68.4 Å². The monoisotopic (exact) mass is 1000 g/mol. The van der Waals surface area contributed by atoms with Crippen LogP contribution in [0, 0.1) is 11.8 Å². The maximum atomic E-state index is 11.7. The second kappa shape index (κ2) is 24.0. The maximum absolute atomic E-state index is 11.7. The van der Waals surface area contributed by atoms with Crippen LogP contribution >= 0.6 is 38.6 Å². The highest BCUT2D eigenvalue weighted by atomic mass is 79.9. The third-order valence-electron chi connectivity index (χ3n) is 12.3. The molecule has 2 aromatic heterocycles. The van der Waals surface area contributed by atoms with Crippen LogP contribution in [0.3, 0.4) is 0 Å². The van der Waals surface area contributed by atoms with Gasteiger partial charge in [-0.3, -0.25) is 9.59 Å². The predicted molar refractivity (Wildman–Crippen MR) is 276 cm³/mol. The molecular weight excluding hydrogens is 945 g/mol. The molecule has 4 heterocycles. The predicted octanol–water partition coefficient (Wildman–Crippen LogP) is 12.6. The molecule has 2 fully saturated rings. The SMILES string of the molecule is CCOC(=O)Cc1cccc(OCCC2CCN(c3nc4ccc(-c5ccccc5)cc4s3)CC2)c1.CCOC(=O)Cc1cccc(OCCC2CCN(c3nc4ccc(Br)cc4s3)CC2)c1.